The summed E-state index contributed by atoms with van der Waals surface area (Å²) in [6.45, 7) is 4.14. The first kappa shape index (κ1) is 23.2. The molecule has 0 aliphatic heterocycles. The normalized spacial score (nSPS) is 11.8. The summed E-state index contributed by atoms with van der Waals surface area (Å²) in [5, 5.41) is 6.87. The number of pyridine rings is 1. The Morgan fingerprint density at radius 3 is 2.56 bits per heavy atom. The van der Waals surface area contributed by atoms with Crippen LogP contribution in [-0.2, 0) is 17.6 Å². The fourth-order valence-corrected chi connectivity index (χ4v) is 3.92. The number of amides is 2. The van der Waals surface area contributed by atoms with Crippen LogP contribution in [-0.4, -0.2) is 27.8 Å². The second-order valence-electron chi connectivity index (χ2n) is 8.60. The fourth-order valence-electron chi connectivity index (χ4n) is 3.92. The van der Waals surface area contributed by atoms with E-state index in [2.05, 4.69) is 27.5 Å². The van der Waals surface area contributed by atoms with Crippen LogP contribution in [0.1, 0.15) is 46.9 Å². The number of aromatic amines is 1. The van der Waals surface area contributed by atoms with Crippen molar-refractivity contribution in [3.8, 4) is 0 Å². The molecule has 0 aliphatic rings. The summed E-state index contributed by atoms with van der Waals surface area (Å²) in [4.78, 5) is 33.8. The van der Waals surface area contributed by atoms with Crippen LogP contribution < -0.4 is 10.6 Å². The molecule has 6 heteroatoms. The lowest BCUT2D eigenvalue weighted by Crippen LogP contribution is -2.45. The van der Waals surface area contributed by atoms with Gasteiger partial charge in [-0.15, -0.1) is 0 Å². The monoisotopic (exact) mass is 454 g/mol. The van der Waals surface area contributed by atoms with E-state index in [1.807, 2.05) is 67.7 Å². The van der Waals surface area contributed by atoms with Gasteiger partial charge in [-0.2, -0.15) is 0 Å². The molecular formula is C28H30N4O2. The number of para-hydroxylation sites is 1. The van der Waals surface area contributed by atoms with Crippen molar-refractivity contribution in [3.05, 3.63) is 95.4 Å². The number of benzene rings is 2. The molecule has 0 fully saturated rings. The number of anilines is 1. The van der Waals surface area contributed by atoms with Crippen molar-refractivity contribution in [1.29, 1.82) is 0 Å². The van der Waals surface area contributed by atoms with Gasteiger partial charge in [0.05, 0.1) is 0 Å². The molecule has 4 rings (SSSR count). The molecule has 2 aromatic carbocycles. The third kappa shape index (κ3) is 5.70. The number of carbonyl (C=O) groups is 2. The summed E-state index contributed by atoms with van der Waals surface area (Å²) in [6.07, 6.45) is 7.11. The van der Waals surface area contributed by atoms with Gasteiger partial charge in [-0.1, -0.05) is 55.3 Å². The maximum absolute atomic E-state index is 13.2. The maximum Gasteiger partial charge on any atom is 0.270 e. The summed E-state index contributed by atoms with van der Waals surface area (Å²) in [5.74, 6) is -0.645. The molecule has 4 aromatic rings. The molecule has 0 saturated heterocycles. The van der Waals surface area contributed by atoms with Crippen molar-refractivity contribution >= 4 is 28.4 Å². The zero-order chi connectivity index (χ0) is 23.9. The highest BCUT2D eigenvalue weighted by Crippen LogP contribution is 2.20. The van der Waals surface area contributed by atoms with Gasteiger partial charge >= 0.3 is 0 Å². The predicted octanol–water partition coefficient (Wildman–Crippen LogP) is 5.19. The summed E-state index contributed by atoms with van der Waals surface area (Å²) in [5.41, 5.74) is 5.15. The molecule has 0 unspecified atom stereocenters. The summed E-state index contributed by atoms with van der Waals surface area (Å²) >= 11 is 0. The zero-order valence-electron chi connectivity index (χ0n) is 19.6. The van der Waals surface area contributed by atoms with E-state index < -0.39 is 6.04 Å². The van der Waals surface area contributed by atoms with Gasteiger partial charge in [-0.3, -0.25) is 14.6 Å². The van der Waals surface area contributed by atoms with Crippen molar-refractivity contribution in [1.82, 2.24) is 15.3 Å². The number of unbranched alkanes of at least 4 members (excludes halogenated alkanes) is 1. The Morgan fingerprint density at radius 2 is 1.82 bits per heavy atom. The Bertz CT molecular complexity index is 1260. The van der Waals surface area contributed by atoms with Crippen LogP contribution in [0.15, 0.2) is 73.1 Å². The lowest BCUT2D eigenvalue weighted by molar-refractivity contribution is -0.118. The number of H-pyrrole nitrogens is 1. The molecule has 0 aliphatic carbocycles. The minimum absolute atomic E-state index is 0.276. The van der Waals surface area contributed by atoms with E-state index >= 15 is 0 Å². The molecule has 2 amide bonds. The Labute approximate surface area is 199 Å². The van der Waals surface area contributed by atoms with Crippen LogP contribution >= 0.6 is 0 Å². The standard InChI is InChI=1S/C28H30N4O2/c1-3-4-7-20-12-15-25(29-17-20)27(33)32-26(28(34)31-22-13-10-19(2)11-14-22)16-21-18-30-24-9-6-5-8-23(21)24/h5-6,8-15,17-18,26,30H,3-4,7,16H2,1-2H3,(H,31,34)(H,32,33)/t26-/m1/s1. The molecule has 0 bridgehead atoms. The number of aryl methyl sites for hydroxylation is 2. The first-order valence-electron chi connectivity index (χ1n) is 11.7. The molecule has 34 heavy (non-hydrogen) atoms. The zero-order valence-corrected chi connectivity index (χ0v) is 19.6. The van der Waals surface area contributed by atoms with Gasteiger partial charge in [0.15, 0.2) is 0 Å². The number of carbonyl (C=O) groups excluding carboxylic acids is 2. The van der Waals surface area contributed by atoms with Crippen LogP contribution in [0.25, 0.3) is 10.9 Å². The van der Waals surface area contributed by atoms with E-state index in [1.165, 1.54) is 0 Å². The molecule has 3 N–H and O–H groups in total. The minimum atomic E-state index is -0.769. The number of fused-ring (bicyclic) bond motifs is 1. The van der Waals surface area contributed by atoms with Gasteiger partial charge in [0.1, 0.15) is 11.7 Å². The van der Waals surface area contributed by atoms with Crippen LogP contribution in [0.4, 0.5) is 5.69 Å². The lowest BCUT2D eigenvalue weighted by atomic mass is 10.0. The number of aromatic nitrogens is 2. The number of nitrogens with one attached hydrogen (secondary N) is 3. The fraction of sp³-hybridized carbons (Fsp3) is 0.250. The highest BCUT2D eigenvalue weighted by Gasteiger charge is 2.24. The number of nitrogens with zero attached hydrogens (tertiary/aromatic N) is 1. The topological polar surface area (TPSA) is 86.9 Å². The Balaban J connectivity index is 1.54. The maximum atomic E-state index is 13.2. The van der Waals surface area contributed by atoms with Crippen LogP contribution in [0.2, 0.25) is 0 Å². The molecule has 174 valence electrons. The smallest absolute Gasteiger partial charge is 0.270 e. The third-order valence-corrected chi connectivity index (χ3v) is 5.92. The first-order valence-corrected chi connectivity index (χ1v) is 11.7. The number of hydrogen-bond donors (Lipinski definition) is 3. The van der Waals surface area contributed by atoms with Crippen molar-refractivity contribution < 1.29 is 9.59 Å². The van der Waals surface area contributed by atoms with Crippen molar-refractivity contribution in [2.24, 2.45) is 0 Å². The van der Waals surface area contributed by atoms with E-state index in [1.54, 1.807) is 12.3 Å². The average molecular weight is 455 g/mol. The molecule has 0 saturated carbocycles. The summed E-state index contributed by atoms with van der Waals surface area (Å²) in [7, 11) is 0. The second-order valence-corrected chi connectivity index (χ2v) is 8.60. The average Bonchev–Trinajstić information content (AvgIpc) is 3.27. The Morgan fingerprint density at radius 1 is 1.03 bits per heavy atom. The Kier molecular flexibility index (Phi) is 7.38. The SMILES string of the molecule is CCCCc1ccc(C(=O)N[C@H](Cc2c[nH]c3ccccc23)C(=O)Nc2ccc(C)cc2)nc1. The molecule has 0 radical (unpaired) electrons. The van der Waals surface area contributed by atoms with E-state index in [0.29, 0.717) is 17.8 Å². The quantitative estimate of drug-likeness (QED) is 0.325. The highest BCUT2D eigenvalue weighted by atomic mass is 16.2. The summed E-state index contributed by atoms with van der Waals surface area (Å²) < 4.78 is 0. The third-order valence-electron chi connectivity index (χ3n) is 5.92. The molecular weight excluding hydrogens is 424 g/mol. The van der Waals surface area contributed by atoms with Gasteiger partial charge < -0.3 is 15.6 Å². The van der Waals surface area contributed by atoms with E-state index in [4.69, 9.17) is 0 Å². The second kappa shape index (κ2) is 10.8. The van der Waals surface area contributed by atoms with Crippen LogP contribution in [0, 0.1) is 6.92 Å². The van der Waals surface area contributed by atoms with Crippen molar-refractivity contribution in [3.63, 3.8) is 0 Å². The number of hydrogen-bond acceptors (Lipinski definition) is 3. The minimum Gasteiger partial charge on any atom is -0.361 e. The van der Waals surface area contributed by atoms with Crippen LogP contribution in [0.3, 0.4) is 0 Å². The molecule has 0 spiro atoms. The van der Waals surface area contributed by atoms with Gasteiger partial charge in [-0.25, -0.2) is 0 Å². The van der Waals surface area contributed by atoms with E-state index in [-0.39, 0.29) is 11.8 Å². The molecule has 1 atom stereocenters. The van der Waals surface area contributed by atoms with Crippen LogP contribution in [0.5, 0.6) is 0 Å². The van der Waals surface area contributed by atoms with Gasteiger partial charge in [-0.05, 0) is 55.2 Å². The highest BCUT2D eigenvalue weighted by molar-refractivity contribution is 6.01. The Hall–Kier alpha value is -3.93. The van der Waals surface area contributed by atoms with Crippen molar-refractivity contribution in [2.75, 3.05) is 5.32 Å². The van der Waals surface area contributed by atoms with E-state index in [0.717, 1.165) is 46.9 Å². The predicted molar refractivity (Wildman–Crippen MR) is 136 cm³/mol. The van der Waals surface area contributed by atoms with E-state index in [9.17, 15) is 9.59 Å². The molecule has 2 heterocycles. The van der Waals surface area contributed by atoms with Crippen molar-refractivity contribution in [2.45, 2.75) is 45.6 Å². The largest absolute Gasteiger partial charge is 0.361 e. The number of rotatable bonds is 9. The van der Waals surface area contributed by atoms with Gasteiger partial charge in [0.25, 0.3) is 5.91 Å². The molecule has 6 nitrogen and oxygen atoms in total. The van der Waals surface area contributed by atoms with Gasteiger partial charge in [0, 0.05) is 35.4 Å². The molecule has 2 aromatic heterocycles. The van der Waals surface area contributed by atoms with Gasteiger partial charge in [0.2, 0.25) is 5.91 Å². The summed E-state index contributed by atoms with van der Waals surface area (Å²) in [6, 6.07) is 18.4. The first-order chi connectivity index (χ1) is 16.5. The lowest BCUT2D eigenvalue weighted by Gasteiger charge is -2.18.